The van der Waals surface area contributed by atoms with Gasteiger partial charge >= 0.3 is 0 Å². The second kappa shape index (κ2) is 4.21. The lowest BCUT2D eigenvalue weighted by Crippen LogP contribution is -2.57. The molecule has 0 amide bonds. The second-order valence-electron chi connectivity index (χ2n) is 6.00. The number of rotatable bonds is 1. The van der Waals surface area contributed by atoms with Crippen LogP contribution in [0.15, 0.2) is 0 Å². The molecule has 1 aliphatic carbocycles. The van der Waals surface area contributed by atoms with Crippen LogP contribution in [0, 0.1) is 5.41 Å². The lowest BCUT2D eigenvalue weighted by Gasteiger charge is -2.54. The molecule has 3 fully saturated rings. The number of hydrogen-bond acceptors (Lipinski definition) is 4. The molecule has 3 rings (SSSR count). The Morgan fingerprint density at radius 3 is 2.24 bits per heavy atom. The number of hydrogen-bond donors (Lipinski definition) is 1. The summed E-state index contributed by atoms with van der Waals surface area (Å²) in [7, 11) is -2.72. The first-order valence-corrected chi connectivity index (χ1v) is 8.56. The van der Waals surface area contributed by atoms with E-state index in [0.29, 0.717) is 23.0 Å². The number of piperidine rings is 1. The van der Waals surface area contributed by atoms with Crippen molar-refractivity contribution in [1.82, 2.24) is 10.2 Å². The van der Waals surface area contributed by atoms with Crippen LogP contribution >= 0.6 is 0 Å². The zero-order chi connectivity index (χ0) is 11.9. The summed E-state index contributed by atoms with van der Waals surface area (Å²) in [4.78, 5) is 2.41. The van der Waals surface area contributed by atoms with E-state index in [1.165, 1.54) is 38.8 Å². The highest BCUT2D eigenvalue weighted by Crippen LogP contribution is 2.49. The van der Waals surface area contributed by atoms with Crippen LogP contribution in [0.4, 0.5) is 0 Å². The molecule has 2 heterocycles. The van der Waals surface area contributed by atoms with Gasteiger partial charge in [-0.2, -0.15) is 0 Å². The Kier molecular flexibility index (Phi) is 2.96. The third-order valence-corrected chi connectivity index (χ3v) is 6.51. The summed E-state index contributed by atoms with van der Waals surface area (Å²) in [6.45, 7) is 3.87. The van der Waals surface area contributed by atoms with E-state index in [2.05, 4.69) is 10.2 Å². The van der Waals surface area contributed by atoms with E-state index in [1.807, 2.05) is 0 Å². The van der Waals surface area contributed by atoms with Gasteiger partial charge < -0.3 is 5.32 Å². The van der Waals surface area contributed by atoms with Crippen LogP contribution in [0.1, 0.15) is 25.7 Å². The fourth-order valence-corrected chi connectivity index (χ4v) is 4.88. The van der Waals surface area contributed by atoms with Gasteiger partial charge in [-0.15, -0.1) is 0 Å². The van der Waals surface area contributed by atoms with Gasteiger partial charge in [0.15, 0.2) is 9.84 Å². The maximum absolute atomic E-state index is 11.4. The Labute approximate surface area is 104 Å². The first-order chi connectivity index (χ1) is 8.09. The standard InChI is InChI=1S/C12H22N2O2S/c15-17(16)7-5-14(6-8-17)11-9-12(10-11)1-3-13-4-2-12/h11,13H,1-10H2. The van der Waals surface area contributed by atoms with Crippen molar-refractivity contribution in [2.75, 3.05) is 37.7 Å². The van der Waals surface area contributed by atoms with Crippen molar-refractivity contribution >= 4 is 9.84 Å². The van der Waals surface area contributed by atoms with Crippen molar-refractivity contribution in [3.8, 4) is 0 Å². The minimum atomic E-state index is -2.72. The molecule has 0 aromatic carbocycles. The van der Waals surface area contributed by atoms with Gasteiger partial charge in [0.05, 0.1) is 11.5 Å². The predicted molar refractivity (Wildman–Crippen MR) is 67.8 cm³/mol. The molecule has 0 bridgehead atoms. The first-order valence-electron chi connectivity index (χ1n) is 6.74. The second-order valence-corrected chi connectivity index (χ2v) is 8.30. The van der Waals surface area contributed by atoms with Gasteiger partial charge in [0.2, 0.25) is 0 Å². The van der Waals surface area contributed by atoms with E-state index >= 15 is 0 Å². The van der Waals surface area contributed by atoms with E-state index in [9.17, 15) is 8.42 Å². The van der Waals surface area contributed by atoms with Crippen molar-refractivity contribution in [3.05, 3.63) is 0 Å². The molecule has 0 aromatic heterocycles. The third-order valence-electron chi connectivity index (χ3n) is 4.90. The average Bonchev–Trinajstić information content (AvgIpc) is 2.27. The van der Waals surface area contributed by atoms with Gasteiger partial charge in [0.1, 0.15) is 0 Å². The fraction of sp³-hybridized carbons (Fsp3) is 1.00. The first kappa shape index (κ1) is 11.9. The van der Waals surface area contributed by atoms with Crippen LogP contribution in [0.2, 0.25) is 0 Å². The Balaban J connectivity index is 1.52. The summed E-state index contributed by atoms with van der Waals surface area (Å²) in [5, 5.41) is 3.42. The summed E-state index contributed by atoms with van der Waals surface area (Å²) in [5.74, 6) is 0.746. The fourth-order valence-electron chi connectivity index (χ4n) is 3.66. The van der Waals surface area contributed by atoms with E-state index < -0.39 is 9.84 Å². The van der Waals surface area contributed by atoms with Gasteiger partial charge in [-0.25, -0.2) is 8.42 Å². The van der Waals surface area contributed by atoms with E-state index in [4.69, 9.17) is 0 Å². The van der Waals surface area contributed by atoms with E-state index in [1.54, 1.807) is 0 Å². The smallest absolute Gasteiger partial charge is 0.152 e. The highest BCUT2D eigenvalue weighted by molar-refractivity contribution is 7.91. The number of nitrogens with zero attached hydrogens (tertiary/aromatic N) is 1. The van der Waals surface area contributed by atoms with Crippen molar-refractivity contribution < 1.29 is 8.42 Å². The van der Waals surface area contributed by atoms with Gasteiger partial charge in [0.25, 0.3) is 0 Å². The molecule has 2 saturated heterocycles. The Morgan fingerprint density at radius 2 is 1.65 bits per heavy atom. The minimum absolute atomic E-state index is 0.373. The summed E-state index contributed by atoms with van der Waals surface area (Å²) < 4.78 is 22.8. The van der Waals surface area contributed by atoms with Crippen LogP contribution in [0.5, 0.6) is 0 Å². The van der Waals surface area contributed by atoms with Crippen molar-refractivity contribution in [3.63, 3.8) is 0 Å². The summed E-state index contributed by atoms with van der Waals surface area (Å²) >= 11 is 0. The molecule has 17 heavy (non-hydrogen) atoms. The molecular formula is C12H22N2O2S. The number of sulfone groups is 1. The molecule has 1 spiro atoms. The minimum Gasteiger partial charge on any atom is -0.317 e. The van der Waals surface area contributed by atoms with Gasteiger partial charge in [-0.3, -0.25) is 4.90 Å². The lowest BCUT2D eigenvalue weighted by molar-refractivity contribution is -0.0170. The van der Waals surface area contributed by atoms with Crippen LogP contribution < -0.4 is 5.32 Å². The zero-order valence-corrected chi connectivity index (χ0v) is 11.1. The van der Waals surface area contributed by atoms with Crippen LogP contribution in [0.25, 0.3) is 0 Å². The van der Waals surface area contributed by atoms with Crippen LogP contribution in [-0.4, -0.2) is 57.0 Å². The van der Waals surface area contributed by atoms with Gasteiger partial charge in [0, 0.05) is 19.1 Å². The Morgan fingerprint density at radius 1 is 1.06 bits per heavy atom. The zero-order valence-electron chi connectivity index (χ0n) is 10.3. The van der Waals surface area contributed by atoms with Crippen molar-refractivity contribution in [1.29, 1.82) is 0 Å². The van der Waals surface area contributed by atoms with Crippen molar-refractivity contribution in [2.24, 2.45) is 5.41 Å². The third kappa shape index (κ3) is 2.37. The van der Waals surface area contributed by atoms with E-state index in [0.717, 1.165) is 13.1 Å². The SMILES string of the molecule is O=S1(=O)CCN(C2CC3(CCNCC3)C2)CC1. The molecule has 4 nitrogen and oxygen atoms in total. The molecule has 0 radical (unpaired) electrons. The van der Waals surface area contributed by atoms with Gasteiger partial charge in [-0.05, 0) is 44.2 Å². The average molecular weight is 258 g/mol. The molecule has 0 atom stereocenters. The highest BCUT2D eigenvalue weighted by Gasteiger charge is 2.47. The molecule has 1 N–H and O–H groups in total. The summed E-state index contributed by atoms with van der Waals surface area (Å²) in [6.07, 6.45) is 5.23. The maximum Gasteiger partial charge on any atom is 0.152 e. The molecule has 1 saturated carbocycles. The Bertz CT molecular complexity index is 365. The monoisotopic (exact) mass is 258 g/mol. The molecule has 3 aliphatic rings. The topological polar surface area (TPSA) is 49.4 Å². The molecule has 98 valence electrons. The van der Waals surface area contributed by atoms with Gasteiger partial charge in [-0.1, -0.05) is 0 Å². The maximum atomic E-state index is 11.4. The largest absolute Gasteiger partial charge is 0.317 e. The summed E-state index contributed by atoms with van der Waals surface area (Å²) in [5.41, 5.74) is 0.603. The predicted octanol–water partition coefficient (Wildman–Crippen LogP) is 0.249. The van der Waals surface area contributed by atoms with Crippen LogP contribution in [0.3, 0.4) is 0 Å². The molecule has 2 aliphatic heterocycles. The lowest BCUT2D eigenvalue weighted by atomic mass is 9.60. The van der Waals surface area contributed by atoms with Crippen LogP contribution in [-0.2, 0) is 9.84 Å². The molecular weight excluding hydrogens is 236 g/mol. The van der Waals surface area contributed by atoms with E-state index in [-0.39, 0.29) is 0 Å². The quantitative estimate of drug-likeness (QED) is 0.732. The number of nitrogens with one attached hydrogen (secondary N) is 1. The Hall–Kier alpha value is -0.130. The molecule has 0 aromatic rings. The summed E-state index contributed by atoms with van der Waals surface area (Å²) in [6, 6.07) is 0.670. The molecule has 0 unspecified atom stereocenters. The normalized spacial score (nSPS) is 33.4. The highest BCUT2D eigenvalue weighted by atomic mass is 32.2. The van der Waals surface area contributed by atoms with Crippen molar-refractivity contribution in [2.45, 2.75) is 31.7 Å². The molecule has 5 heteroatoms.